The molecular formula is C20H24ClNO4. The second-order valence-corrected chi connectivity index (χ2v) is 6.48. The normalized spacial score (nSPS) is 11.6. The van der Waals surface area contributed by atoms with Gasteiger partial charge in [-0.1, -0.05) is 11.6 Å². The number of amides is 1. The molecule has 2 aromatic rings. The third-order valence-electron chi connectivity index (χ3n) is 4.07. The Morgan fingerprint density at radius 2 is 1.85 bits per heavy atom. The fourth-order valence-corrected chi connectivity index (χ4v) is 2.84. The van der Waals surface area contributed by atoms with Gasteiger partial charge in [0.25, 0.3) is 5.91 Å². The standard InChI is InChI=1S/C20H24ClNO4/c1-13-10-16(21)7-9-18(13)26-14(2)20(23)22(3)12-15-6-8-17(24-4)11-19(15)25-5/h6-11,14H,12H2,1-5H3. The van der Waals surface area contributed by atoms with Crippen molar-refractivity contribution < 1.29 is 19.0 Å². The van der Waals surface area contributed by atoms with Crippen molar-refractivity contribution in [1.82, 2.24) is 4.90 Å². The van der Waals surface area contributed by atoms with Crippen LogP contribution in [0.15, 0.2) is 36.4 Å². The molecule has 0 radical (unpaired) electrons. The first-order valence-electron chi connectivity index (χ1n) is 8.24. The predicted molar refractivity (Wildman–Crippen MR) is 102 cm³/mol. The van der Waals surface area contributed by atoms with Crippen molar-refractivity contribution in [3.8, 4) is 17.2 Å². The van der Waals surface area contributed by atoms with Crippen molar-refractivity contribution in [3.63, 3.8) is 0 Å². The van der Waals surface area contributed by atoms with E-state index in [0.717, 1.165) is 11.1 Å². The molecule has 140 valence electrons. The van der Waals surface area contributed by atoms with E-state index in [-0.39, 0.29) is 5.91 Å². The van der Waals surface area contributed by atoms with Crippen LogP contribution in [0.25, 0.3) is 0 Å². The molecule has 2 aromatic carbocycles. The van der Waals surface area contributed by atoms with Gasteiger partial charge in [0.15, 0.2) is 6.10 Å². The molecule has 0 N–H and O–H groups in total. The number of hydrogen-bond donors (Lipinski definition) is 0. The molecule has 0 saturated heterocycles. The highest BCUT2D eigenvalue weighted by Gasteiger charge is 2.21. The van der Waals surface area contributed by atoms with Crippen molar-refractivity contribution in [3.05, 3.63) is 52.5 Å². The molecule has 2 rings (SSSR count). The fraction of sp³-hybridized carbons (Fsp3) is 0.350. The van der Waals surface area contributed by atoms with Gasteiger partial charge in [0.2, 0.25) is 0 Å². The Kier molecular flexibility index (Phi) is 6.75. The van der Waals surface area contributed by atoms with Crippen LogP contribution in [0.2, 0.25) is 5.02 Å². The molecule has 1 atom stereocenters. The smallest absolute Gasteiger partial charge is 0.263 e. The SMILES string of the molecule is COc1ccc(CN(C)C(=O)C(C)Oc2ccc(Cl)cc2C)c(OC)c1. The highest BCUT2D eigenvalue weighted by atomic mass is 35.5. The van der Waals surface area contributed by atoms with Gasteiger partial charge >= 0.3 is 0 Å². The first-order valence-corrected chi connectivity index (χ1v) is 8.62. The summed E-state index contributed by atoms with van der Waals surface area (Å²) in [5.74, 6) is 1.89. The average Bonchev–Trinajstić information content (AvgIpc) is 2.63. The van der Waals surface area contributed by atoms with Gasteiger partial charge in [-0.25, -0.2) is 0 Å². The molecule has 5 nitrogen and oxygen atoms in total. The first-order chi connectivity index (χ1) is 12.3. The number of ether oxygens (including phenoxy) is 3. The van der Waals surface area contributed by atoms with Gasteiger partial charge in [0.1, 0.15) is 17.2 Å². The van der Waals surface area contributed by atoms with E-state index < -0.39 is 6.10 Å². The summed E-state index contributed by atoms with van der Waals surface area (Å²) < 4.78 is 16.4. The Morgan fingerprint density at radius 3 is 2.46 bits per heavy atom. The molecule has 1 amide bonds. The second-order valence-electron chi connectivity index (χ2n) is 6.04. The van der Waals surface area contributed by atoms with Crippen LogP contribution in [-0.2, 0) is 11.3 Å². The molecule has 0 bridgehead atoms. The van der Waals surface area contributed by atoms with Gasteiger partial charge in [-0.2, -0.15) is 0 Å². The molecule has 26 heavy (non-hydrogen) atoms. The number of nitrogens with zero attached hydrogens (tertiary/aromatic N) is 1. The number of hydrogen-bond acceptors (Lipinski definition) is 4. The molecule has 6 heteroatoms. The lowest BCUT2D eigenvalue weighted by molar-refractivity contribution is -0.137. The summed E-state index contributed by atoms with van der Waals surface area (Å²) in [6.07, 6.45) is -0.621. The van der Waals surface area contributed by atoms with Crippen LogP contribution in [-0.4, -0.2) is 38.2 Å². The number of carbonyl (C=O) groups excluding carboxylic acids is 1. The average molecular weight is 378 g/mol. The van der Waals surface area contributed by atoms with E-state index in [1.165, 1.54) is 0 Å². The van der Waals surface area contributed by atoms with Gasteiger partial charge in [0, 0.05) is 30.2 Å². The number of likely N-dealkylation sites (N-methyl/N-ethyl adjacent to an activating group) is 1. The molecule has 1 unspecified atom stereocenters. The van der Waals surface area contributed by atoms with Crippen molar-refractivity contribution in [2.45, 2.75) is 26.5 Å². The highest BCUT2D eigenvalue weighted by molar-refractivity contribution is 6.30. The molecule has 0 aliphatic rings. The molecule has 0 aromatic heterocycles. The van der Waals surface area contributed by atoms with Gasteiger partial charge in [-0.05, 0) is 49.7 Å². The summed E-state index contributed by atoms with van der Waals surface area (Å²) in [4.78, 5) is 14.3. The van der Waals surface area contributed by atoms with E-state index >= 15 is 0 Å². The number of aryl methyl sites for hydroxylation is 1. The molecule has 0 fully saturated rings. The molecule has 0 aliphatic heterocycles. The lowest BCUT2D eigenvalue weighted by Crippen LogP contribution is -2.37. The Labute approximate surface area is 159 Å². The van der Waals surface area contributed by atoms with Crippen LogP contribution in [0.4, 0.5) is 0 Å². The summed E-state index contributed by atoms with van der Waals surface area (Å²) in [6, 6.07) is 10.8. The zero-order valence-corrected chi connectivity index (χ0v) is 16.5. The first kappa shape index (κ1) is 19.9. The largest absolute Gasteiger partial charge is 0.497 e. The van der Waals surface area contributed by atoms with Crippen molar-refractivity contribution in [2.24, 2.45) is 0 Å². The summed E-state index contributed by atoms with van der Waals surface area (Å²) in [5, 5.41) is 0.637. The predicted octanol–water partition coefficient (Wildman–Crippen LogP) is 4.09. The lowest BCUT2D eigenvalue weighted by atomic mass is 10.1. The number of benzene rings is 2. The van der Waals surface area contributed by atoms with E-state index in [4.69, 9.17) is 25.8 Å². The maximum absolute atomic E-state index is 12.7. The minimum Gasteiger partial charge on any atom is -0.497 e. The van der Waals surface area contributed by atoms with Crippen LogP contribution in [0.3, 0.4) is 0 Å². The fourth-order valence-electron chi connectivity index (χ4n) is 2.61. The van der Waals surface area contributed by atoms with Gasteiger partial charge < -0.3 is 19.1 Å². The monoisotopic (exact) mass is 377 g/mol. The lowest BCUT2D eigenvalue weighted by Gasteiger charge is -2.23. The highest BCUT2D eigenvalue weighted by Crippen LogP contribution is 2.26. The van der Waals surface area contributed by atoms with Crippen LogP contribution in [0.5, 0.6) is 17.2 Å². The zero-order chi connectivity index (χ0) is 19.3. The third-order valence-corrected chi connectivity index (χ3v) is 4.30. The topological polar surface area (TPSA) is 48.0 Å². The van der Waals surface area contributed by atoms with Gasteiger partial charge in [-0.3, -0.25) is 4.79 Å². The van der Waals surface area contributed by atoms with Crippen LogP contribution >= 0.6 is 11.6 Å². The number of carbonyl (C=O) groups is 1. The Balaban J connectivity index is 2.06. The zero-order valence-electron chi connectivity index (χ0n) is 15.7. The second kappa shape index (κ2) is 8.81. The van der Waals surface area contributed by atoms with Crippen molar-refractivity contribution in [2.75, 3.05) is 21.3 Å². The van der Waals surface area contributed by atoms with E-state index in [9.17, 15) is 4.79 Å². The third kappa shape index (κ3) is 4.82. The van der Waals surface area contributed by atoms with Crippen LogP contribution < -0.4 is 14.2 Å². The summed E-state index contributed by atoms with van der Waals surface area (Å²) in [6.45, 7) is 4.03. The van der Waals surface area contributed by atoms with Crippen molar-refractivity contribution >= 4 is 17.5 Å². The minimum atomic E-state index is -0.621. The molecule has 0 aliphatic carbocycles. The Bertz CT molecular complexity index is 778. The molecular weight excluding hydrogens is 354 g/mol. The minimum absolute atomic E-state index is 0.128. The Morgan fingerprint density at radius 1 is 1.12 bits per heavy atom. The molecule has 0 spiro atoms. The molecule has 0 heterocycles. The van der Waals surface area contributed by atoms with E-state index in [1.807, 2.05) is 19.1 Å². The number of halogens is 1. The van der Waals surface area contributed by atoms with Crippen LogP contribution in [0, 0.1) is 6.92 Å². The van der Waals surface area contributed by atoms with E-state index in [0.29, 0.717) is 28.8 Å². The number of rotatable bonds is 7. The maximum atomic E-state index is 12.7. The van der Waals surface area contributed by atoms with Crippen molar-refractivity contribution in [1.29, 1.82) is 0 Å². The van der Waals surface area contributed by atoms with Gasteiger partial charge in [0.05, 0.1) is 14.2 Å². The number of methoxy groups -OCH3 is 2. The molecule has 0 saturated carbocycles. The quantitative estimate of drug-likeness (QED) is 0.729. The summed E-state index contributed by atoms with van der Waals surface area (Å²) >= 11 is 5.96. The van der Waals surface area contributed by atoms with E-state index in [2.05, 4.69) is 0 Å². The van der Waals surface area contributed by atoms with Crippen LogP contribution in [0.1, 0.15) is 18.1 Å². The van der Waals surface area contributed by atoms with Gasteiger partial charge in [-0.15, -0.1) is 0 Å². The maximum Gasteiger partial charge on any atom is 0.263 e. The van der Waals surface area contributed by atoms with E-state index in [1.54, 1.807) is 57.4 Å². The summed E-state index contributed by atoms with van der Waals surface area (Å²) in [5.41, 5.74) is 1.77. The summed E-state index contributed by atoms with van der Waals surface area (Å²) in [7, 11) is 4.93. The Hall–Kier alpha value is -2.40.